The number of hydrogen-bond acceptors (Lipinski definition) is 3. The van der Waals surface area contributed by atoms with Crippen LogP contribution in [-0.4, -0.2) is 18.6 Å². The smallest absolute Gasteiger partial charge is 0.323 e. The highest BCUT2D eigenvalue weighted by atomic mass is 16.5. The van der Waals surface area contributed by atoms with Gasteiger partial charge in [-0.15, -0.1) is 0 Å². The predicted molar refractivity (Wildman–Crippen MR) is 57.5 cm³/mol. The fourth-order valence-corrected chi connectivity index (χ4v) is 0.742. The minimum atomic E-state index is -0.511. The van der Waals surface area contributed by atoms with Gasteiger partial charge in [0.15, 0.2) is 0 Å². The van der Waals surface area contributed by atoms with E-state index in [9.17, 15) is 4.79 Å². The monoisotopic (exact) mass is 200 g/mol. The molecule has 0 aliphatic carbocycles. The molecule has 0 amide bonds. The van der Waals surface area contributed by atoms with Gasteiger partial charge in [-0.05, 0) is 11.3 Å². The van der Waals surface area contributed by atoms with Crippen molar-refractivity contribution in [3.05, 3.63) is 6.42 Å². The Kier molecular flexibility index (Phi) is 5.13. The van der Waals surface area contributed by atoms with Crippen molar-refractivity contribution in [2.24, 2.45) is 17.1 Å². The summed E-state index contributed by atoms with van der Waals surface area (Å²) in [6, 6.07) is -0.511. The summed E-state index contributed by atoms with van der Waals surface area (Å²) in [4.78, 5) is 11.3. The quantitative estimate of drug-likeness (QED) is 0.703. The highest BCUT2D eigenvalue weighted by Crippen LogP contribution is 2.16. The van der Waals surface area contributed by atoms with Crippen molar-refractivity contribution in [2.75, 3.05) is 6.61 Å². The van der Waals surface area contributed by atoms with Gasteiger partial charge in [0.2, 0.25) is 0 Å². The van der Waals surface area contributed by atoms with Gasteiger partial charge >= 0.3 is 5.97 Å². The number of hydrogen-bond donors (Lipinski definition) is 1. The predicted octanol–water partition coefficient (Wildman–Crippen LogP) is 1.76. The Hall–Kier alpha value is -0.570. The van der Waals surface area contributed by atoms with Crippen LogP contribution >= 0.6 is 0 Å². The van der Waals surface area contributed by atoms with Crippen LogP contribution in [0.3, 0.4) is 0 Å². The molecule has 0 bridgehead atoms. The normalized spacial score (nSPS) is 14.2. The van der Waals surface area contributed by atoms with Crippen molar-refractivity contribution in [1.29, 1.82) is 0 Å². The van der Waals surface area contributed by atoms with Gasteiger partial charge in [-0.2, -0.15) is 0 Å². The number of esters is 1. The van der Waals surface area contributed by atoms with Crippen molar-refractivity contribution in [1.82, 2.24) is 0 Å². The summed E-state index contributed by atoms with van der Waals surface area (Å²) in [5, 5.41) is 0. The summed E-state index contributed by atoms with van der Waals surface area (Å²) >= 11 is 0. The zero-order valence-corrected chi connectivity index (χ0v) is 9.83. The van der Waals surface area contributed by atoms with Gasteiger partial charge in [0.25, 0.3) is 0 Å². The van der Waals surface area contributed by atoms with E-state index < -0.39 is 6.04 Å². The van der Waals surface area contributed by atoms with Gasteiger partial charge in [-0.1, -0.05) is 34.6 Å². The Morgan fingerprint density at radius 3 is 2.29 bits per heavy atom. The molecule has 0 saturated heterocycles. The third-order valence-electron chi connectivity index (χ3n) is 1.91. The first kappa shape index (κ1) is 13.4. The maximum absolute atomic E-state index is 11.3. The summed E-state index contributed by atoms with van der Waals surface area (Å²) in [6.45, 7) is 10.3. The first-order valence-electron chi connectivity index (χ1n) is 5.00. The molecule has 0 rings (SSSR count). The third kappa shape index (κ3) is 5.97. The van der Waals surface area contributed by atoms with Gasteiger partial charge < -0.3 is 10.5 Å². The summed E-state index contributed by atoms with van der Waals surface area (Å²) < 4.78 is 5.02. The van der Waals surface area contributed by atoms with Crippen molar-refractivity contribution >= 4 is 5.97 Å². The molecule has 0 aromatic rings. The van der Waals surface area contributed by atoms with Gasteiger partial charge in [0, 0.05) is 6.42 Å². The Balaban J connectivity index is 3.75. The summed E-state index contributed by atoms with van der Waals surface area (Å²) in [7, 11) is 0. The topological polar surface area (TPSA) is 52.3 Å². The second-order valence-corrected chi connectivity index (χ2v) is 4.97. The Bertz CT molecular complexity index is 182. The minimum absolute atomic E-state index is 0.0716. The van der Waals surface area contributed by atoms with E-state index in [1.807, 2.05) is 20.3 Å². The van der Waals surface area contributed by atoms with Gasteiger partial charge in [-0.25, -0.2) is 0 Å². The van der Waals surface area contributed by atoms with Gasteiger partial charge in [0.05, 0.1) is 6.61 Å². The minimum Gasteiger partial charge on any atom is -0.464 e. The average Bonchev–Trinajstić information content (AvgIpc) is 2.00. The summed E-state index contributed by atoms with van der Waals surface area (Å²) in [5.74, 6) is -0.197. The SMILES string of the molecule is CC(C)C(N)C(=O)OC[CH]C(C)(C)C. The van der Waals surface area contributed by atoms with Crippen LogP contribution in [0.1, 0.15) is 34.6 Å². The molecule has 3 nitrogen and oxygen atoms in total. The van der Waals surface area contributed by atoms with Crippen LogP contribution in [0.15, 0.2) is 0 Å². The lowest BCUT2D eigenvalue weighted by atomic mass is 9.93. The number of carbonyl (C=O) groups excluding carboxylic acids is 1. The fraction of sp³-hybridized carbons (Fsp3) is 0.818. The zero-order chi connectivity index (χ0) is 11.4. The Labute approximate surface area is 87.0 Å². The molecule has 0 aromatic carbocycles. The third-order valence-corrected chi connectivity index (χ3v) is 1.91. The number of rotatable bonds is 4. The molecule has 1 unspecified atom stereocenters. The van der Waals surface area contributed by atoms with Crippen LogP contribution in [-0.2, 0) is 9.53 Å². The highest BCUT2D eigenvalue weighted by Gasteiger charge is 2.19. The van der Waals surface area contributed by atoms with Crippen LogP contribution in [0.25, 0.3) is 0 Å². The van der Waals surface area contributed by atoms with E-state index in [4.69, 9.17) is 10.5 Å². The Morgan fingerprint density at radius 1 is 1.43 bits per heavy atom. The number of ether oxygens (including phenoxy) is 1. The van der Waals surface area contributed by atoms with E-state index in [0.29, 0.717) is 6.61 Å². The number of nitrogens with two attached hydrogens (primary N) is 1. The van der Waals surface area contributed by atoms with E-state index in [1.54, 1.807) is 0 Å². The van der Waals surface area contributed by atoms with E-state index in [-0.39, 0.29) is 17.3 Å². The van der Waals surface area contributed by atoms with Crippen LogP contribution in [0.5, 0.6) is 0 Å². The molecule has 83 valence electrons. The van der Waals surface area contributed by atoms with Crippen molar-refractivity contribution in [3.8, 4) is 0 Å². The molecule has 0 aromatic heterocycles. The van der Waals surface area contributed by atoms with E-state index in [1.165, 1.54) is 0 Å². The lowest BCUT2D eigenvalue weighted by Crippen LogP contribution is -2.37. The molecular formula is C11H22NO2. The standard InChI is InChI=1S/C11H22NO2/c1-8(2)9(12)10(13)14-7-6-11(3,4)5/h6,8-9H,7,12H2,1-5H3. The molecule has 0 aliphatic rings. The Morgan fingerprint density at radius 2 is 1.93 bits per heavy atom. The summed E-state index contributed by atoms with van der Waals surface area (Å²) in [5.41, 5.74) is 5.69. The maximum Gasteiger partial charge on any atom is 0.323 e. The van der Waals surface area contributed by atoms with Crippen molar-refractivity contribution in [3.63, 3.8) is 0 Å². The second-order valence-electron chi connectivity index (χ2n) is 4.97. The van der Waals surface area contributed by atoms with Crippen LogP contribution in [0.2, 0.25) is 0 Å². The summed E-state index contributed by atoms with van der Waals surface area (Å²) in [6.07, 6.45) is 1.96. The molecular weight excluding hydrogens is 178 g/mol. The lowest BCUT2D eigenvalue weighted by molar-refractivity contribution is -0.145. The van der Waals surface area contributed by atoms with Gasteiger partial charge in [-0.3, -0.25) is 4.79 Å². The first-order valence-corrected chi connectivity index (χ1v) is 5.00. The largest absolute Gasteiger partial charge is 0.464 e. The van der Waals surface area contributed by atoms with Crippen LogP contribution < -0.4 is 5.73 Å². The van der Waals surface area contributed by atoms with E-state index >= 15 is 0 Å². The molecule has 0 saturated carbocycles. The molecule has 0 fully saturated rings. The van der Waals surface area contributed by atoms with Crippen molar-refractivity contribution < 1.29 is 9.53 Å². The van der Waals surface area contributed by atoms with E-state index in [0.717, 1.165) is 0 Å². The average molecular weight is 200 g/mol. The van der Waals surface area contributed by atoms with Gasteiger partial charge in [0.1, 0.15) is 6.04 Å². The molecule has 0 aliphatic heterocycles. The molecule has 3 heteroatoms. The first-order chi connectivity index (χ1) is 6.24. The fourth-order valence-electron chi connectivity index (χ4n) is 0.742. The molecule has 0 spiro atoms. The molecule has 14 heavy (non-hydrogen) atoms. The molecule has 1 atom stereocenters. The zero-order valence-electron chi connectivity index (χ0n) is 9.83. The molecule has 0 heterocycles. The number of carbonyl (C=O) groups is 1. The van der Waals surface area contributed by atoms with Crippen LogP contribution in [0, 0.1) is 17.8 Å². The van der Waals surface area contributed by atoms with E-state index in [2.05, 4.69) is 20.8 Å². The second kappa shape index (κ2) is 5.35. The lowest BCUT2D eigenvalue weighted by Gasteiger charge is -2.19. The van der Waals surface area contributed by atoms with Crippen molar-refractivity contribution in [2.45, 2.75) is 40.7 Å². The highest BCUT2D eigenvalue weighted by molar-refractivity contribution is 5.75. The maximum atomic E-state index is 11.3. The molecule has 1 radical (unpaired) electrons. The van der Waals surface area contributed by atoms with Crippen LogP contribution in [0.4, 0.5) is 0 Å². The molecule has 2 N–H and O–H groups in total.